The molecule has 4 nitrogen and oxygen atoms in total. The standard InChI is InChI=1S/C11H20N4/c1-7(2)6-10-13-11-9(12)5-4-8(3)15(11)14-10/h7-9H,4-6,12H2,1-3H3. The van der Waals surface area contributed by atoms with Crippen LogP contribution in [0.25, 0.3) is 0 Å². The third kappa shape index (κ3) is 2.04. The average molecular weight is 208 g/mol. The molecule has 1 aliphatic rings. The van der Waals surface area contributed by atoms with Gasteiger partial charge in [-0.1, -0.05) is 13.8 Å². The van der Waals surface area contributed by atoms with Gasteiger partial charge in [0.15, 0.2) is 5.82 Å². The third-order valence-corrected chi connectivity index (χ3v) is 2.94. The van der Waals surface area contributed by atoms with E-state index in [2.05, 4.69) is 30.9 Å². The number of nitrogens with two attached hydrogens (primary N) is 1. The van der Waals surface area contributed by atoms with E-state index in [0.29, 0.717) is 12.0 Å². The first-order chi connectivity index (χ1) is 7.08. The second kappa shape index (κ2) is 3.93. The van der Waals surface area contributed by atoms with Crippen LogP contribution < -0.4 is 5.73 Å². The Morgan fingerprint density at radius 3 is 2.80 bits per heavy atom. The molecule has 2 rings (SSSR count). The monoisotopic (exact) mass is 208 g/mol. The molecule has 0 aromatic carbocycles. The zero-order valence-electron chi connectivity index (χ0n) is 9.77. The van der Waals surface area contributed by atoms with Crippen LogP contribution in [-0.4, -0.2) is 14.8 Å². The van der Waals surface area contributed by atoms with Crippen molar-refractivity contribution in [2.45, 2.75) is 52.1 Å². The zero-order chi connectivity index (χ0) is 11.0. The Morgan fingerprint density at radius 2 is 2.20 bits per heavy atom. The van der Waals surface area contributed by atoms with E-state index in [9.17, 15) is 0 Å². The number of nitrogens with zero attached hydrogens (tertiary/aromatic N) is 3. The minimum Gasteiger partial charge on any atom is -0.321 e. The molecule has 0 aliphatic carbocycles. The molecule has 4 heteroatoms. The van der Waals surface area contributed by atoms with E-state index in [1.54, 1.807) is 0 Å². The summed E-state index contributed by atoms with van der Waals surface area (Å²) >= 11 is 0. The summed E-state index contributed by atoms with van der Waals surface area (Å²) in [6, 6.07) is 0.530. The van der Waals surface area contributed by atoms with Crippen LogP contribution in [0.2, 0.25) is 0 Å². The van der Waals surface area contributed by atoms with Gasteiger partial charge in [-0.05, 0) is 25.7 Å². The van der Waals surface area contributed by atoms with Gasteiger partial charge in [0.1, 0.15) is 5.82 Å². The lowest BCUT2D eigenvalue weighted by Gasteiger charge is -2.23. The van der Waals surface area contributed by atoms with Gasteiger partial charge >= 0.3 is 0 Å². The Morgan fingerprint density at radius 1 is 1.47 bits per heavy atom. The number of hydrogen-bond acceptors (Lipinski definition) is 3. The molecule has 0 bridgehead atoms. The van der Waals surface area contributed by atoms with Gasteiger partial charge in [0.05, 0.1) is 12.1 Å². The average Bonchev–Trinajstić information content (AvgIpc) is 2.55. The highest BCUT2D eigenvalue weighted by Crippen LogP contribution is 2.28. The van der Waals surface area contributed by atoms with Gasteiger partial charge < -0.3 is 5.73 Å². The summed E-state index contributed by atoms with van der Waals surface area (Å²) in [5.74, 6) is 2.52. The van der Waals surface area contributed by atoms with Gasteiger partial charge in [-0.15, -0.1) is 0 Å². The van der Waals surface area contributed by atoms with Gasteiger partial charge in [-0.25, -0.2) is 9.67 Å². The van der Waals surface area contributed by atoms with Crippen LogP contribution in [0.4, 0.5) is 0 Å². The highest BCUT2D eigenvalue weighted by Gasteiger charge is 2.25. The fourth-order valence-corrected chi connectivity index (χ4v) is 2.08. The SMILES string of the molecule is CC(C)Cc1nc2n(n1)C(C)CCC2N. The Kier molecular flexibility index (Phi) is 2.78. The van der Waals surface area contributed by atoms with Gasteiger partial charge in [-0.2, -0.15) is 5.10 Å². The summed E-state index contributed by atoms with van der Waals surface area (Å²) in [7, 11) is 0. The molecule has 0 spiro atoms. The normalized spacial score (nSPS) is 25.7. The topological polar surface area (TPSA) is 56.7 Å². The van der Waals surface area contributed by atoms with Gasteiger partial charge in [-0.3, -0.25) is 0 Å². The second-order valence-corrected chi connectivity index (χ2v) is 4.96. The zero-order valence-corrected chi connectivity index (χ0v) is 9.77. The molecular formula is C11H20N4. The number of aromatic nitrogens is 3. The molecule has 2 atom stereocenters. The maximum Gasteiger partial charge on any atom is 0.151 e. The fraction of sp³-hybridized carbons (Fsp3) is 0.818. The minimum atomic E-state index is 0.0783. The molecule has 1 aliphatic heterocycles. The third-order valence-electron chi connectivity index (χ3n) is 2.94. The van der Waals surface area contributed by atoms with E-state index in [-0.39, 0.29) is 6.04 Å². The molecule has 2 heterocycles. The van der Waals surface area contributed by atoms with Crippen molar-refractivity contribution in [2.75, 3.05) is 0 Å². The number of rotatable bonds is 2. The lowest BCUT2D eigenvalue weighted by molar-refractivity contribution is 0.349. The first kappa shape index (κ1) is 10.6. The molecule has 0 fully saturated rings. The van der Waals surface area contributed by atoms with Crippen LogP contribution in [0.3, 0.4) is 0 Å². The summed E-state index contributed by atoms with van der Waals surface area (Å²) in [5, 5.41) is 4.55. The van der Waals surface area contributed by atoms with E-state index >= 15 is 0 Å². The Bertz CT molecular complexity index is 315. The maximum atomic E-state index is 6.03. The van der Waals surface area contributed by atoms with Crippen molar-refractivity contribution in [3.8, 4) is 0 Å². The molecule has 0 saturated carbocycles. The Labute approximate surface area is 90.9 Å². The highest BCUT2D eigenvalue weighted by atomic mass is 15.4. The van der Waals surface area contributed by atoms with E-state index in [0.717, 1.165) is 30.9 Å². The number of fused-ring (bicyclic) bond motifs is 1. The fourth-order valence-electron chi connectivity index (χ4n) is 2.08. The van der Waals surface area contributed by atoms with Crippen molar-refractivity contribution in [3.05, 3.63) is 11.6 Å². The highest BCUT2D eigenvalue weighted by molar-refractivity contribution is 5.03. The summed E-state index contributed by atoms with van der Waals surface area (Å²) in [5.41, 5.74) is 6.03. The van der Waals surface area contributed by atoms with Crippen LogP contribution in [0, 0.1) is 5.92 Å². The van der Waals surface area contributed by atoms with Crippen LogP contribution in [0.1, 0.15) is 57.3 Å². The molecule has 0 radical (unpaired) electrons. The summed E-state index contributed by atoms with van der Waals surface area (Å²) in [4.78, 5) is 4.55. The van der Waals surface area contributed by atoms with E-state index in [1.165, 1.54) is 0 Å². The summed E-state index contributed by atoms with van der Waals surface area (Å²) < 4.78 is 2.02. The van der Waals surface area contributed by atoms with E-state index in [4.69, 9.17) is 5.73 Å². The molecule has 2 unspecified atom stereocenters. The van der Waals surface area contributed by atoms with E-state index in [1.807, 2.05) is 4.68 Å². The van der Waals surface area contributed by atoms with Gasteiger partial charge in [0, 0.05) is 6.42 Å². The Hall–Kier alpha value is -0.900. The number of hydrogen-bond donors (Lipinski definition) is 1. The first-order valence-corrected chi connectivity index (χ1v) is 5.78. The molecule has 0 saturated heterocycles. The predicted molar refractivity (Wildman–Crippen MR) is 59.4 cm³/mol. The molecule has 1 aromatic rings. The minimum absolute atomic E-state index is 0.0783. The van der Waals surface area contributed by atoms with Gasteiger partial charge in [0.2, 0.25) is 0 Å². The lowest BCUT2D eigenvalue weighted by Crippen LogP contribution is -2.25. The maximum absolute atomic E-state index is 6.03. The van der Waals surface area contributed by atoms with Crippen LogP contribution in [0.5, 0.6) is 0 Å². The van der Waals surface area contributed by atoms with Crippen molar-refractivity contribution < 1.29 is 0 Å². The van der Waals surface area contributed by atoms with Crippen LogP contribution >= 0.6 is 0 Å². The second-order valence-electron chi connectivity index (χ2n) is 4.96. The molecule has 15 heavy (non-hydrogen) atoms. The molecule has 1 aromatic heterocycles. The molecule has 84 valence electrons. The largest absolute Gasteiger partial charge is 0.321 e. The van der Waals surface area contributed by atoms with Crippen molar-refractivity contribution in [1.29, 1.82) is 0 Å². The smallest absolute Gasteiger partial charge is 0.151 e. The van der Waals surface area contributed by atoms with Gasteiger partial charge in [0.25, 0.3) is 0 Å². The lowest BCUT2D eigenvalue weighted by atomic mass is 10.0. The summed E-state index contributed by atoms with van der Waals surface area (Å²) in [6.07, 6.45) is 3.08. The van der Waals surface area contributed by atoms with Crippen LogP contribution in [0.15, 0.2) is 0 Å². The quantitative estimate of drug-likeness (QED) is 0.806. The van der Waals surface area contributed by atoms with Crippen LogP contribution in [-0.2, 0) is 6.42 Å². The predicted octanol–water partition coefficient (Wildman–Crippen LogP) is 1.83. The molecule has 0 amide bonds. The van der Waals surface area contributed by atoms with E-state index < -0.39 is 0 Å². The van der Waals surface area contributed by atoms with Crippen molar-refractivity contribution >= 4 is 0 Å². The van der Waals surface area contributed by atoms with Crippen molar-refractivity contribution in [2.24, 2.45) is 11.7 Å². The Balaban J connectivity index is 2.28. The van der Waals surface area contributed by atoms with Crippen molar-refractivity contribution in [3.63, 3.8) is 0 Å². The molecule has 2 N–H and O–H groups in total. The first-order valence-electron chi connectivity index (χ1n) is 5.78. The van der Waals surface area contributed by atoms with Crippen molar-refractivity contribution in [1.82, 2.24) is 14.8 Å². The summed E-state index contributed by atoms with van der Waals surface area (Å²) in [6.45, 7) is 6.55. The molecular weight excluding hydrogens is 188 g/mol.